The molecule has 0 saturated carbocycles. The molecule has 2 aromatic heterocycles. The molecule has 49 valence electrons. The smallest absolute Gasteiger partial charge is 0.183 e. The highest BCUT2D eigenvalue weighted by Crippen LogP contribution is 2.14. The first-order valence-corrected chi connectivity index (χ1v) is 3.94. The highest BCUT2D eigenvalue weighted by molar-refractivity contribution is 7.16. The topological polar surface area (TPSA) is 3.88 Å². The first-order valence-electron chi connectivity index (χ1n) is 3.07. The number of hydrogen-bond acceptors (Lipinski definition) is 1. The summed E-state index contributed by atoms with van der Waals surface area (Å²) in [6.45, 7) is 0. The van der Waals surface area contributed by atoms with Crippen molar-refractivity contribution >= 4 is 21.6 Å². The lowest BCUT2D eigenvalue weighted by Crippen LogP contribution is -2.23. The molecule has 2 heteroatoms. The summed E-state index contributed by atoms with van der Waals surface area (Å²) >= 11 is 1.71. The Balaban J connectivity index is 2.95. The molecule has 0 unspecified atom stereocenters. The Hall–Kier alpha value is -0.890. The fourth-order valence-corrected chi connectivity index (χ4v) is 1.80. The molecule has 1 nitrogen and oxygen atoms in total. The molecule has 0 N–H and O–H groups in total. The average Bonchev–Trinajstić information content (AvgIpc) is 2.36. The van der Waals surface area contributed by atoms with Crippen LogP contribution in [0.1, 0.15) is 0 Å². The average molecular weight is 149 g/mol. The van der Waals surface area contributed by atoms with Gasteiger partial charge in [-0.1, -0.05) is 11.3 Å². The molecule has 2 heterocycles. The maximum atomic E-state index is 3.85. The van der Waals surface area contributed by atoms with E-state index in [2.05, 4.69) is 24.6 Å². The molecule has 0 aliphatic rings. The van der Waals surface area contributed by atoms with E-state index in [0.29, 0.717) is 0 Å². The van der Waals surface area contributed by atoms with Crippen molar-refractivity contribution < 1.29 is 4.57 Å². The molecule has 1 radical (unpaired) electrons. The van der Waals surface area contributed by atoms with E-state index in [-0.39, 0.29) is 0 Å². The normalized spacial score (nSPS) is 10.5. The van der Waals surface area contributed by atoms with Crippen molar-refractivity contribution in [2.45, 2.75) is 0 Å². The van der Waals surface area contributed by atoms with Gasteiger partial charge >= 0.3 is 0 Å². The summed E-state index contributed by atoms with van der Waals surface area (Å²) in [5.74, 6) is 0. The number of pyridine rings is 1. The van der Waals surface area contributed by atoms with E-state index in [4.69, 9.17) is 0 Å². The zero-order chi connectivity index (χ0) is 6.97. The van der Waals surface area contributed by atoms with Crippen LogP contribution >= 0.6 is 11.3 Å². The van der Waals surface area contributed by atoms with Crippen molar-refractivity contribution in [2.24, 2.45) is 0 Å². The van der Waals surface area contributed by atoms with E-state index in [1.807, 2.05) is 16.8 Å². The van der Waals surface area contributed by atoms with Crippen LogP contribution in [0.15, 0.2) is 29.8 Å². The van der Waals surface area contributed by atoms with Crippen molar-refractivity contribution in [3.63, 3.8) is 0 Å². The summed E-state index contributed by atoms with van der Waals surface area (Å²) in [7, 11) is 3.85. The van der Waals surface area contributed by atoms with E-state index in [9.17, 15) is 0 Å². The van der Waals surface area contributed by atoms with Gasteiger partial charge < -0.3 is 0 Å². The highest BCUT2D eigenvalue weighted by Gasteiger charge is 2.02. The summed E-state index contributed by atoms with van der Waals surface area (Å²) in [4.78, 5) is 1.22. The van der Waals surface area contributed by atoms with Gasteiger partial charge in [0.05, 0.1) is 5.39 Å². The predicted octanol–water partition coefficient (Wildman–Crippen LogP) is 1.83. The molecule has 0 aromatic carbocycles. The summed E-state index contributed by atoms with van der Waals surface area (Å²) in [5, 5.41) is 3.34. The number of fused-ring (bicyclic) bond motifs is 1. The van der Waals surface area contributed by atoms with Gasteiger partial charge in [0.25, 0.3) is 4.83 Å². The predicted molar refractivity (Wildman–Crippen MR) is 42.8 cm³/mol. The van der Waals surface area contributed by atoms with Crippen molar-refractivity contribution in [2.75, 3.05) is 0 Å². The van der Waals surface area contributed by atoms with Crippen molar-refractivity contribution in [1.29, 1.82) is 0 Å². The molecule has 10 heavy (non-hydrogen) atoms. The maximum Gasteiger partial charge on any atom is 0.269 e. The van der Waals surface area contributed by atoms with Crippen LogP contribution in [0.2, 0.25) is 0 Å². The first kappa shape index (κ1) is 5.86. The van der Waals surface area contributed by atoms with Gasteiger partial charge in [0, 0.05) is 6.07 Å². The second kappa shape index (κ2) is 2.06. The third-order valence-corrected chi connectivity index (χ3v) is 2.44. The molecule has 0 amide bonds. The first-order chi connectivity index (χ1) is 4.88. The second-order valence-corrected chi connectivity index (χ2v) is 3.05. The fraction of sp³-hybridized carbons (Fsp3) is 0. The third kappa shape index (κ3) is 0.727. The number of aromatic nitrogens is 1. The fourth-order valence-electron chi connectivity index (χ4n) is 0.990. The van der Waals surface area contributed by atoms with E-state index < -0.39 is 0 Å². The molecule has 0 fully saturated rings. The summed E-state index contributed by atoms with van der Waals surface area (Å²) in [6, 6.07) is 6.19. The largest absolute Gasteiger partial charge is 0.269 e. The molecular weight excluding hydrogens is 142 g/mol. The van der Waals surface area contributed by atoms with Crippen LogP contribution in [0.5, 0.6) is 0 Å². The van der Waals surface area contributed by atoms with Gasteiger partial charge in [-0.3, -0.25) is 0 Å². The highest BCUT2D eigenvalue weighted by atomic mass is 32.1. The minimum atomic E-state index is 1.22. The lowest BCUT2D eigenvalue weighted by molar-refractivity contribution is -0.581. The van der Waals surface area contributed by atoms with Crippen molar-refractivity contribution in [1.82, 2.24) is 0 Å². The maximum absolute atomic E-state index is 3.85. The van der Waals surface area contributed by atoms with Gasteiger partial charge in [-0.15, -0.1) is 0 Å². The Morgan fingerprint density at radius 3 is 3.10 bits per heavy atom. The van der Waals surface area contributed by atoms with Crippen LogP contribution in [0.3, 0.4) is 0 Å². The lowest BCUT2D eigenvalue weighted by Gasteiger charge is -1.84. The number of hydrogen-bond donors (Lipinski definition) is 0. The van der Waals surface area contributed by atoms with Gasteiger partial charge in [0.2, 0.25) is 7.05 Å². The number of rotatable bonds is 0. The summed E-state index contributed by atoms with van der Waals surface area (Å²) < 4.78 is 1.89. The second-order valence-electron chi connectivity index (χ2n) is 2.16. The van der Waals surface area contributed by atoms with Gasteiger partial charge in [-0.25, -0.2) is 0 Å². The quantitative estimate of drug-likeness (QED) is 0.503. The minimum Gasteiger partial charge on any atom is -0.183 e. The van der Waals surface area contributed by atoms with Crippen molar-refractivity contribution in [3.05, 3.63) is 36.8 Å². The molecule has 0 aliphatic carbocycles. The lowest BCUT2D eigenvalue weighted by atomic mass is 10.3. The Bertz CT molecular complexity index is 351. The summed E-state index contributed by atoms with van der Waals surface area (Å²) in [6.07, 6.45) is 1.96. The molecule has 0 spiro atoms. The van der Waals surface area contributed by atoms with Crippen LogP contribution in [-0.4, -0.2) is 0 Å². The van der Waals surface area contributed by atoms with E-state index in [1.54, 1.807) is 11.3 Å². The molecule has 0 bridgehead atoms. The Morgan fingerprint density at radius 1 is 1.40 bits per heavy atom. The molecule has 0 aliphatic heterocycles. The zero-order valence-electron chi connectivity index (χ0n) is 5.45. The van der Waals surface area contributed by atoms with E-state index in [1.165, 1.54) is 10.2 Å². The molecule has 2 aromatic rings. The SMILES string of the molecule is [CH2][n+]1cccc2ccsc21. The zero-order valence-corrected chi connectivity index (χ0v) is 6.27. The Kier molecular flexibility index (Phi) is 1.21. The molecule has 2 rings (SSSR count). The standard InChI is InChI=1S/C8H7NS/c1-9-5-2-3-7-4-6-10-8(7)9/h2-6H,1H2/q+1. The monoisotopic (exact) mass is 149 g/mol. The molecule has 0 saturated heterocycles. The van der Waals surface area contributed by atoms with Gasteiger partial charge in [0.1, 0.15) is 0 Å². The van der Waals surface area contributed by atoms with E-state index in [0.717, 1.165) is 0 Å². The molecule has 0 atom stereocenters. The third-order valence-electron chi connectivity index (χ3n) is 1.48. The minimum absolute atomic E-state index is 1.22. The van der Waals surface area contributed by atoms with E-state index >= 15 is 0 Å². The van der Waals surface area contributed by atoms with Crippen LogP contribution < -0.4 is 4.57 Å². The van der Waals surface area contributed by atoms with Crippen molar-refractivity contribution in [3.8, 4) is 0 Å². The molecular formula is C8H7NS+. The van der Waals surface area contributed by atoms with Crippen LogP contribution in [0, 0.1) is 7.05 Å². The Morgan fingerprint density at radius 2 is 2.30 bits per heavy atom. The summed E-state index contributed by atoms with van der Waals surface area (Å²) in [5.41, 5.74) is 0. The van der Waals surface area contributed by atoms with Crippen LogP contribution in [0.4, 0.5) is 0 Å². The van der Waals surface area contributed by atoms with Gasteiger partial charge in [-0.2, -0.15) is 4.57 Å². The van der Waals surface area contributed by atoms with Crippen LogP contribution in [0.25, 0.3) is 10.2 Å². The Labute approximate surface area is 63.5 Å². The van der Waals surface area contributed by atoms with Gasteiger partial charge in [0.15, 0.2) is 6.20 Å². The number of thiophene rings is 1. The van der Waals surface area contributed by atoms with Gasteiger partial charge in [-0.05, 0) is 17.5 Å². The van der Waals surface area contributed by atoms with Crippen LogP contribution in [-0.2, 0) is 0 Å². The number of nitrogens with zero attached hydrogens (tertiary/aromatic N) is 1.